The van der Waals surface area contributed by atoms with Crippen LogP contribution < -0.4 is 10.9 Å². The summed E-state index contributed by atoms with van der Waals surface area (Å²) in [5, 5.41) is 0. The van der Waals surface area contributed by atoms with Crippen LogP contribution in [0.3, 0.4) is 0 Å². The Labute approximate surface area is 128 Å². The number of nitrogens with one attached hydrogen (secondary N) is 2. The van der Waals surface area contributed by atoms with Gasteiger partial charge >= 0.3 is 11.9 Å². The lowest BCUT2D eigenvalue weighted by Gasteiger charge is -2.08. The number of carbonyl (C=O) groups is 3. The van der Waals surface area contributed by atoms with E-state index in [1.54, 1.807) is 0 Å². The molecule has 0 aliphatic carbocycles. The molecule has 7 nitrogen and oxygen atoms in total. The average molecular weight is 324 g/mol. The largest absolute Gasteiger partial charge is 0.459 e. The van der Waals surface area contributed by atoms with E-state index >= 15 is 0 Å². The van der Waals surface area contributed by atoms with Crippen molar-refractivity contribution in [3.63, 3.8) is 0 Å². The number of hydrogen-bond donors (Lipinski definition) is 2. The van der Waals surface area contributed by atoms with Gasteiger partial charge in [-0.2, -0.15) is 0 Å². The fourth-order valence-electron chi connectivity index (χ4n) is 1.53. The summed E-state index contributed by atoms with van der Waals surface area (Å²) >= 11 is 0. The smallest absolute Gasteiger partial charge is 0.344 e. The second kappa shape index (κ2) is 7.16. The third kappa shape index (κ3) is 4.13. The van der Waals surface area contributed by atoms with Crippen molar-refractivity contribution in [3.8, 4) is 0 Å². The van der Waals surface area contributed by atoms with Crippen LogP contribution in [0.4, 0.5) is 8.78 Å². The average Bonchev–Trinajstić information content (AvgIpc) is 3.05. The summed E-state index contributed by atoms with van der Waals surface area (Å²) in [5.41, 5.74) is 3.04. The molecule has 0 spiro atoms. The monoisotopic (exact) mass is 324 g/mol. The first kappa shape index (κ1) is 16.1. The molecule has 0 aliphatic heterocycles. The van der Waals surface area contributed by atoms with Gasteiger partial charge in [0.05, 0.1) is 6.26 Å². The molecule has 2 rings (SSSR count). The first-order valence-corrected chi connectivity index (χ1v) is 6.23. The Kier molecular flexibility index (Phi) is 5.03. The standard InChI is InChI=1S/C14H10F2N2O5/c15-8-3-1-4-9(16)12(8)14(21)23-7-11(19)17-18-13(20)10-5-2-6-22-10/h1-6H,7H2,(H,17,19)(H,18,20). The molecule has 0 aliphatic rings. The van der Waals surface area contributed by atoms with E-state index < -0.39 is 41.6 Å². The van der Waals surface area contributed by atoms with Crippen molar-refractivity contribution in [2.24, 2.45) is 0 Å². The molecule has 0 atom stereocenters. The van der Waals surface area contributed by atoms with Gasteiger partial charge in [-0.05, 0) is 24.3 Å². The maximum absolute atomic E-state index is 13.3. The first-order chi connectivity index (χ1) is 11.0. The molecule has 1 aromatic carbocycles. The predicted octanol–water partition coefficient (Wildman–Crippen LogP) is 1.18. The van der Waals surface area contributed by atoms with Gasteiger partial charge in [0.1, 0.15) is 17.2 Å². The summed E-state index contributed by atoms with van der Waals surface area (Å²) in [4.78, 5) is 34.4. The molecule has 23 heavy (non-hydrogen) atoms. The normalized spacial score (nSPS) is 10.0. The third-order valence-electron chi connectivity index (χ3n) is 2.56. The van der Waals surface area contributed by atoms with Crippen LogP contribution in [0.5, 0.6) is 0 Å². The number of hydrogen-bond acceptors (Lipinski definition) is 5. The molecule has 2 aromatic rings. The molecule has 0 saturated carbocycles. The summed E-state index contributed by atoms with van der Waals surface area (Å²) in [6, 6.07) is 5.68. The predicted molar refractivity (Wildman–Crippen MR) is 71.0 cm³/mol. The first-order valence-electron chi connectivity index (χ1n) is 6.23. The lowest BCUT2D eigenvalue weighted by atomic mass is 10.2. The number of hydrazine groups is 1. The van der Waals surface area contributed by atoms with Gasteiger partial charge in [-0.15, -0.1) is 0 Å². The number of amides is 2. The van der Waals surface area contributed by atoms with Gasteiger partial charge in [0.25, 0.3) is 5.91 Å². The number of rotatable bonds is 4. The zero-order valence-electron chi connectivity index (χ0n) is 11.5. The van der Waals surface area contributed by atoms with E-state index in [0.29, 0.717) is 0 Å². The molecule has 2 N–H and O–H groups in total. The summed E-state index contributed by atoms with van der Waals surface area (Å²) in [5.74, 6) is -5.24. The minimum atomic E-state index is -1.34. The Morgan fingerprint density at radius 2 is 1.74 bits per heavy atom. The molecule has 2 amide bonds. The molecule has 1 heterocycles. The van der Waals surface area contributed by atoms with Gasteiger partial charge in [-0.25, -0.2) is 13.6 Å². The Morgan fingerprint density at radius 1 is 1.04 bits per heavy atom. The van der Waals surface area contributed by atoms with E-state index in [9.17, 15) is 23.2 Å². The maximum atomic E-state index is 13.3. The van der Waals surface area contributed by atoms with Crippen molar-refractivity contribution in [3.05, 3.63) is 59.6 Å². The molecule has 0 saturated heterocycles. The summed E-state index contributed by atoms with van der Waals surface area (Å²) in [6.07, 6.45) is 1.27. The van der Waals surface area contributed by atoms with Crippen molar-refractivity contribution < 1.29 is 32.3 Å². The van der Waals surface area contributed by atoms with E-state index in [0.717, 1.165) is 18.2 Å². The van der Waals surface area contributed by atoms with Gasteiger partial charge < -0.3 is 9.15 Å². The van der Waals surface area contributed by atoms with Crippen LogP contribution in [0.2, 0.25) is 0 Å². The van der Waals surface area contributed by atoms with Crippen molar-refractivity contribution in [1.82, 2.24) is 10.9 Å². The van der Waals surface area contributed by atoms with Crippen LogP contribution in [-0.2, 0) is 9.53 Å². The molecule has 0 fully saturated rings. The molecular weight excluding hydrogens is 314 g/mol. The van der Waals surface area contributed by atoms with Crippen LogP contribution in [0, 0.1) is 11.6 Å². The van der Waals surface area contributed by atoms with Crippen LogP contribution >= 0.6 is 0 Å². The number of esters is 1. The topological polar surface area (TPSA) is 97.6 Å². The lowest BCUT2D eigenvalue weighted by molar-refractivity contribution is -0.125. The molecule has 1 aromatic heterocycles. The zero-order valence-corrected chi connectivity index (χ0v) is 11.5. The molecule has 120 valence electrons. The Hall–Kier alpha value is -3.23. The van der Waals surface area contributed by atoms with Crippen LogP contribution in [0.15, 0.2) is 41.0 Å². The lowest BCUT2D eigenvalue weighted by Crippen LogP contribution is -2.43. The van der Waals surface area contributed by atoms with Crippen molar-refractivity contribution in [2.45, 2.75) is 0 Å². The summed E-state index contributed by atoms with van der Waals surface area (Å²) < 4.78 is 35.9. The SMILES string of the molecule is O=C(COC(=O)c1c(F)cccc1F)NNC(=O)c1ccco1. The van der Waals surface area contributed by atoms with E-state index in [1.165, 1.54) is 18.4 Å². The van der Waals surface area contributed by atoms with Gasteiger partial charge in [-0.1, -0.05) is 6.07 Å². The minimum Gasteiger partial charge on any atom is -0.459 e. The quantitative estimate of drug-likeness (QED) is 0.650. The van der Waals surface area contributed by atoms with Gasteiger partial charge in [0, 0.05) is 0 Å². The van der Waals surface area contributed by atoms with Crippen molar-refractivity contribution in [2.75, 3.05) is 6.61 Å². The van der Waals surface area contributed by atoms with E-state index in [2.05, 4.69) is 4.74 Å². The Bertz CT molecular complexity index is 711. The minimum absolute atomic E-state index is 0.0456. The molecule has 0 radical (unpaired) electrons. The zero-order chi connectivity index (χ0) is 16.8. The van der Waals surface area contributed by atoms with Crippen molar-refractivity contribution in [1.29, 1.82) is 0 Å². The van der Waals surface area contributed by atoms with E-state index in [4.69, 9.17) is 4.42 Å². The number of carbonyl (C=O) groups excluding carboxylic acids is 3. The maximum Gasteiger partial charge on any atom is 0.344 e. The van der Waals surface area contributed by atoms with Crippen LogP contribution in [0.25, 0.3) is 0 Å². The highest BCUT2D eigenvalue weighted by atomic mass is 19.1. The van der Waals surface area contributed by atoms with E-state index in [-0.39, 0.29) is 5.76 Å². The number of furan rings is 1. The summed E-state index contributed by atoms with van der Waals surface area (Å²) in [6.45, 7) is -0.842. The van der Waals surface area contributed by atoms with Gasteiger partial charge in [-0.3, -0.25) is 20.4 Å². The molecule has 0 bridgehead atoms. The molecular formula is C14H10F2N2O5. The molecule has 9 heteroatoms. The number of ether oxygens (including phenoxy) is 1. The highest BCUT2D eigenvalue weighted by Gasteiger charge is 2.19. The second-order valence-corrected chi connectivity index (χ2v) is 4.15. The van der Waals surface area contributed by atoms with Crippen molar-refractivity contribution >= 4 is 17.8 Å². The Morgan fingerprint density at radius 3 is 2.35 bits per heavy atom. The van der Waals surface area contributed by atoms with Crippen LogP contribution in [0.1, 0.15) is 20.9 Å². The fraction of sp³-hybridized carbons (Fsp3) is 0.0714. The molecule has 0 unspecified atom stereocenters. The summed E-state index contributed by atoms with van der Waals surface area (Å²) in [7, 11) is 0. The van der Waals surface area contributed by atoms with Gasteiger partial charge in [0.15, 0.2) is 12.4 Å². The van der Waals surface area contributed by atoms with E-state index in [1.807, 2.05) is 10.9 Å². The third-order valence-corrected chi connectivity index (χ3v) is 2.56. The highest BCUT2D eigenvalue weighted by Crippen LogP contribution is 2.13. The highest BCUT2D eigenvalue weighted by molar-refractivity contribution is 5.94. The Balaban J connectivity index is 1.82. The fourth-order valence-corrected chi connectivity index (χ4v) is 1.53. The number of halogens is 2. The van der Waals surface area contributed by atoms with Crippen LogP contribution in [-0.4, -0.2) is 24.4 Å². The second-order valence-electron chi connectivity index (χ2n) is 4.15. The van der Waals surface area contributed by atoms with Gasteiger partial charge in [0.2, 0.25) is 0 Å². The number of benzene rings is 1.